The van der Waals surface area contributed by atoms with Crippen LogP contribution in [0.1, 0.15) is 64.2 Å². The molecular formula is C24H41NO8. The SMILES string of the molecule is COCCC[C@H]1CC(NC(=O)C2(C[C@@H](COCCOC)C(=O)O)CCCC2)CC[C@H]1C(=O)O. The topological polar surface area (TPSA) is 131 Å². The number of amides is 1. The molecule has 0 aromatic rings. The quantitative estimate of drug-likeness (QED) is 0.311. The lowest BCUT2D eigenvalue weighted by Crippen LogP contribution is -2.49. The van der Waals surface area contributed by atoms with Crippen molar-refractivity contribution in [1.82, 2.24) is 5.32 Å². The molecule has 9 nitrogen and oxygen atoms in total. The van der Waals surface area contributed by atoms with Crippen molar-refractivity contribution in [2.75, 3.05) is 40.6 Å². The summed E-state index contributed by atoms with van der Waals surface area (Å²) in [7, 11) is 3.19. The van der Waals surface area contributed by atoms with E-state index in [0.717, 1.165) is 25.7 Å². The number of carbonyl (C=O) groups excluding carboxylic acids is 1. The van der Waals surface area contributed by atoms with E-state index in [1.165, 1.54) is 0 Å². The number of nitrogens with one attached hydrogen (secondary N) is 1. The maximum atomic E-state index is 13.5. The molecule has 2 saturated carbocycles. The summed E-state index contributed by atoms with van der Waals surface area (Å²) in [5.74, 6) is -2.96. The lowest BCUT2D eigenvalue weighted by Gasteiger charge is -2.37. The van der Waals surface area contributed by atoms with Crippen molar-refractivity contribution in [2.45, 2.75) is 70.3 Å². The standard InChI is InChI=1S/C24H41NO8/c1-31-11-5-6-17-14-19(7-8-20(17)22(28)29)25-23(30)24(9-3-4-10-24)15-18(21(26)27)16-33-13-12-32-2/h17-20H,3-16H2,1-2H3,(H,25,30)(H,26,27)(H,28,29)/t17-,18-,19?,20+/m0/s1. The van der Waals surface area contributed by atoms with E-state index < -0.39 is 29.2 Å². The van der Waals surface area contributed by atoms with E-state index in [1.807, 2.05) is 0 Å². The van der Waals surface area contributed by atoms with E-state index in [2.05, 4.69) is 5.32 Å². The lowest BCUT2D eigenvalue weighted by molar-refractivity contribution is -0.147. The molecule has 1 unspecified atom stereocenters. The average Bonchev–Trinajstić information content (AvgIpc) is 3.26. The van der Waals surface area contributed by atoms with Crippen molar-refractivity contribution in [2.24, 2.45) is 23.2 Å². The van der Waals surface area contributed by atoms with Gasteiger partial charge in [0.25, 0.3) is 0 Å². The molecule has 1 amide bonds. The van der Waals surface area contributed by atoms with Gasteiger partial charge in [-0.15, -0.1) is 0 Å². The fourth-order valence-electron chi connectivity index (χ4n) is 5.50. The lowest BCUT2D eigenvalue weighted by atomic mass is 9.73. The summed E-state index contributed by atoms with van der Waals surface area (Å²) in [6, 6.07) is -0.0839. The monoisotopic (exact) mass is 471 g/mol. The third-order valence-corrected chi connectivity index (χ3v) is 7.34. The Bertz CT molecular complexity index is 634. The molecule has 9 heteroatoms. The fraction of sp³-hybridized carbons (Fsp3) is 0.875. The van der Waals surface area contributed by atoms with E-state index in [-0.39, 0.29) is 30.9 Å². The molecule has 2 aliphatic carbocycles. The first-order valence-corrected chi connectivity index (χ1v) is 12.1. The number of ether oxygens (including phenoxy) is 3. The van der Waals surface area contributed by atoms with Gasteiger partial charge in [-0.1, -0.05) is 12.8 Å². The maximum Gasteiger partial charge on any atom is 0.308 e. The second kappa shape index (κ2) is 13.9. The van der Waals surface area contributed by atoms with Crippen LogP contribution in [-0.2, 0) is 28.6 Å². The summed E-state index contributed by atoms with van der Waals surface area (Å²) in [6.07, 6.45) is 6.73. The Balaban J connectivity index is 2.01. The molecule has 0 radical (unpaired) electrons. The molecule has 0 aromatic heterocycles. The number of rotatable bonds is 15. The maximum absolute atomic E-state index is 13.5. The van der Waals surface area contributed by atoms with Crippen LogP contribution >= 0.6 is 0 Å². The molecule has 0 bridgehead atoms. The first-order chi connectivity index (χ1) is 15.8. The van der Waals surface area contributed by atoms with Crippen LogP contribution in [0.4, 0.5) is 0 Å². The highest BCUT2D eigenvalue weighted by molar-refractivity contribution is 5.84. The minimum atomic E-state index is -0.952. The van der Waals surface area contributed by atoms with Crippen molar-refractivity contribution in [1.29, 1.82) is 0 Å². The molecule has 2 fully saturated rings. The van der Waals surface area contributed by atoms with Gasteiger partial charge in [0.15, 0.2) is 0 Å². The second-order valence-electron chi connectivity index (χ2n) is 9.62. The average molecular weight is 472 g/mol. The number of carboxylic acid groups (broad SMARTS) is 2. The van der Waals surface area contributed by atoms with Crippen LogP contribution < -0.4 is 5.32 Å². The van der Waals surface area contributed by atoms with Crippen LogP contribution in [0.25, 0.3) is 0 Å². The summed E-state index contributed by atoms with van der Waals surface area (Å²) in [6.45, 7) is 1.35. The summed E-state index contributed by atoms with van der Waals surface area (Å²) < 4.78 is 15.5. The van der Waals surface area contributed by atoms with Crippen LogP contribution in [0.5, 0.6) is 0 Å². The zero-order chi connectivity index (χ0) is 24.3. The highest BCUT2D eigenvalue weighted by Crippen LogP contribution is 2.44. The predicted octanol–water partition coefficient (Wildman–Crippen LogP) is 2.71. The van der Waals surface area contributed by atoms with E-state index >= 15 is 0 Å². The highest BCUT2D eigenvalue weighted by atomic mass is 16.5. The Hall–Kier alpha value is -1.71. The van der Waals surface area contributed by atoms with E-state index in [0.29, 0.717) is 51.9 Å². The molecule has 0 spiro atoms. The number of carbonyl (C=O) groups is 3. The normalized spacial score (nSPS) is 25.5. The zero-order valence-corrected chi connectivity index (χ0v) is 20.1. The summed E-state index contributed by atoms with van der Waals surface area (Å²) in [5, 5.41) is 22.5. The van der Waals surface area contributed by atoms with Crippen LogP contribution in [0.15, 0.2) is 0 Å². The minimum absolute atomic E-state index is 0.00261. The number of hydrogen-bond donors (Lipinski definition) is 3. The zero-order valence-electron chi connectivity index (χ0n) is 20.1. The predicted molar refractivity (Wildman–Crippen MR) is 121 cm³/mol. The van der Waals surface area contributed by atoms with Gasteiger partial charge in [-0.25, -0.2) is 0 Å². The second-order valence-corrected chi connectivity index (χ2v) is 9.62. The number of hydrogen-bond acceptors (Lipinski definition) is 6. The van der Waals surface area contributed by atoms with E-state index in [4.69, 9.17) is 14.2 Å². The molecule has 0 aliphatic heterocycles. The molecule has 0 aromatic carbocycles. The van der Waals surface area contributed by atoms with Crippen LogP contribution in [0, 0.1) is 23.2 Å². The smallest absolute Gasteiger partial charge is 0.308 e. The van der Waals surface area contributed by atoms with Crippen molar-refractivity contribution in [3.63, 3.8) is 0 Å². The fourth-order valence-corrected chi connectivity index (χ4v) is 5.50. The molecule has 2 rings (SSSR count). The molecular weight excluding hydrogens is 430 g/mol. The highest BCUT2D eigenvalue weighted by Gasteiger charge is 2.45. The number of methoxy groups -OCH3 is 2. The van der Waals surface area contributed by atoms with Gasteiger partial charge in [0.2, 0.25) is 5.91 Å². The Labute approximate surface area is 196 Å². The molecule has 33 heavy (non-hydrogen) atoms. The summed E-state index contributed by atoms with van der Waals surface area (Å²) in [5.41, 5.74) is -0.705. The van der Waals surface area contributed by atoms with Gasteiger partial charge < -0.3 is 29.7 Å². The minimum Gasteiger partial charge on any atom is -0.481 e. The van der Waals surface area contributed by atoms with E-state index in [9.17, 15) is 24.6 Å². The first kappa shape index (κ1) is 27.5. The Morgan fingerprint density at radius 3 is 2.33 bits per heavy atom. The molecule has 4 atom stereocenters. The summed E-state index contributed by atoms with van der Waals surface area (Å²) >= 11 is 0. The third kappa shape index (κ3) is 8.22. The molecule has 190 valence electrons. The molecule has 2 aliphatic rings. The Morgan fingerprint density at radius 1 is 1.03 bits per heavy atom. The number of aliphatic carboxylic acids is 2. The van der Waals surface area contributed by atoms with Gasteiger partial charge in [-0.2, -0.15) is 0 Å². The molecule has 0 heterocycles. The number of carboxylic acids is 2. The first-order valence-electron chi connectivity index (χ1n) is 12.1. The Morgan fingerprint density at radius 2 is 1.73 bits per heavy atom. The van der Waals surface area contributed by atoms with Gasteiger partial charge in [0, 0.05) is 26.9 Å². The van der Waals surface area contributed by atoms with Gasteiger partial charge in [-0.05, 0) is 57.3 Å². The van der Waals surface area contributed by atoms with Crippen LogP contribution in [0.2, 0.25) is 0 Å². The van der Waals surface area contributed by atoms with Crippen molar-refractivity contribution >= 4 is 17.8 Å². The van der Waals surface area contributed by atoms with Gasteiger partial charge in [0.1, 0.15) is 0 Å². The summed E-state index contributed by atoms with van der Waals surface area (Å²) in [4.78, 5) is 37.0. The molecule has 0 saturated heterocycles. The Kier molecular flexibility index (Phi) is 11.6. The van der Waals surface area contributed by atoms with Crippen molar-refractivity contribution in [3.05, 3.63) is 0 Å². The largest absolute Gasteiger partial charge is 0.481 e. The van der Waals surface area contributed by atoms with Gasteiger partial charge >= 0.3 is 11.9 Å². The van der Waals surface area contributed by atoms with Crippen molar-refractivity contribution < 1.29 is 38.8 Å². The van der Waals surface area contributed by atoms with Gasteiger partial charge in [0.05, 0.1) is 37.1 Å². The van der Waals surface area contributed by atoms with Crippen LogP contribution in [-0.4, -0.2) is 74.7 Å². The molecule has 3 N–H and O–H groups in total. The third-order valence-electron chi connectivity index (χ3n) is 7.34. The van der Waals surface area contributed by atoms with Crippen LogP contribution in [0.3, 0.4) is 0 Å². The van der Waals surface area contributed by atoms with Gasteiger partial charge in [-0.3, -0.25) is 14.4 Å². The van der Waals surface area contributed by atoms with E-state index in [1.54, 1.807) is 14.2 Å². The van der Waals surface area contributed by atoms with Crippen molar-refractivity contribution in [3.8, 4) is 0 Å².